The molecule has 1 aromatic rings. The molecule has 32 heavy (non-hydrogen) atoms. The lowest BCUT2D eigenvalue weighted by Crippen LogP contribution is -2.53. The molecule has 3 saturated heterocycles. The minimum Gasteiger partial charge on any atom is -0.376 e. The molecule has 1 unspecified atom stereocenters. The number of aryl methyl sites for hydroxylation is 2. The van der Waals surface area contributed by atoms with Gasteiger partial charge < -0.3 is 28.5 Å². The minimum atomic E-state index is -0.418. The lowest BCUT2D eigenvalue weighted by Gasteiger charge is -2.42. The molecule has 1 spiro atoms. The quantitative estimate of drug-likeness (QED) is 0.655. The van der Waals surface area contributed by atoms with Gasteiger partial charge in [-0.3, -0.25) is 9.59 Å². The molecule has 0 radical (unpaired) electrons. The van der Waals surface area contributed by atoms with Crippen molar-refractivity contribution in [2.45, 2.75) is 70.6 Å². The Labute approximate surface area is 189 Å². The monoisotopic (exact) mass is 449 g/mol. The Morgan fingerprint density at radius 3 is 2.72 bits per heavy atom. The second kappa shape index (κ2) is 10.3. The molecule has 0 saturated carbocycles. The van der Waals surface area contributed by atoms with Crippen molar-refractivity contribution in [1.82, 2.24) is 15.0 Å². The summed E-state index contributed by atoms with van der Waals surface area (Å²) in [5.74, 6) is 0.834. The molecule has 178 valence electrons. The molecule has 9 nitrogen and oxygen atoms in total. The molecule has 4 rings (SSSR count). The van der Waals surface area contributed by atoms with E-state index in [0.717, 1.165) is 42.9 Å². The molecule has 1 aromatic heterocycles. The Hall–Kier alpha value is -1.97. The van der Waals surface area contributed by atoms with Crippen LogP contribution in [0.4, 0.5) is 0 Å². The summed E-state index contributed by atoms with van der Waals surface area (Å²) in [5, 5.41) is 4.01. The maximum atomic E-state index is 12.7. The van der Waals surface area contributed by atoms with Crippen molar-refractivity contribution in [2.75, 3.05) is 46.1 Å². The molecule has 0 bridgehead atoms. The summed E-state index contributed by atoms with van der Waals surface area (Å²) in [5.41, 5.74) is 1.36. The highest BCUT2D eigenvalue weighted by molar-refractivity contribution is 5.78. The molecule has 1 atom stereocenters. The first-order chi connectivity index (χ1) is 15.5. The Kier molecular flexibility index (Phi) is 7.48. The Morgan fingerprint density at radius 2 is 2.03 bits per heavy atom. The van der Waals surface area contributed by atoms with Crippen LogP contribution in [0.2, 0.25) is 0 Å². The second-order valence-electron chi connectivity index (χ2n) is 9.22. The van der Waals surface area contributed by atoms with E-state index in [-0.39, 0.29) is 24.5 Å². The first kappa shape index (κ1) is 23.2. The second-order valence-corrected chi connectivity index (χ2v) is 9.22. The number of hydrogen-bond acceptors (Lipinski definition) is 7. The van der Waals surface area contributed by atoms with Crippen LogP contribution in [0.15, 0.2) is 4.52 Å². The van der Waals surface area contributed by atoms with Crippen molar-refractivity contribution in [3.05, 3.63) is 17.0 Å². The molecule has 3 fully saturated rings. The van der Waals surface area contributed by atoms with E-state index in [1.54, 1.807) is 0 Å². The summed E-state index contributed by atoms with van der Waals surface area (Å²) < 4.78 is 22.8. The number of rotatable bonds is 6. The largest absolute Gasteiger partial charge is 0.376 e. The van der Waals surface area contributed by atoms with E-state index < -0.39 is 5.60 Å². The fourth-order valence-electron chi connectivity index (χ4n) is 4.83. The standard InChI is InChI=1S/C23H35N3O6/c1-17-20(18(2)32-24-17)13-26-16-23(31-12-6-21(26)27)7-9-25(10-8-23)22(28)15-29-14-19-5-3-4-11-30-19/h19H,3-16H2,1-2H3. The normalized spacial score (nSPS) is 24.1. The zero-order valence-corrected chi connectivity index (χ0v) is 19.3. The third-order valence-corrected chi connectivity index (χ3v) is 6.92. The van der Waals surface area contributed by atoms with Crippen molar-refractivity contribution in [3.63, 3.8) is 0 Å². The summed E-state index contributed by atoms with van der Waals surface area (Å²) in [7, 11) is 0. The molecular weight excluding hydrogens is 414 g/mol. The lowest BCUT2D eigenvalue weighted by atomic mass is 9.90. The van der Waals surface area contributed by atoms with Crippen molar-refractivity contribution in [2.24, 2.45) is 0 Å². The van der Waals surface area contributed by atoms with E-state index in [1.807, 2.05) is 23.6 Å². The molecular formula is C23H35N3O6. The van der Waals surface area contributed by atoms with Crippen LogP contribution >= 0.6 is 0 Å². The van der Waals surface area contributed by atoms with Gasteiger partial charge in [0.15, 0.2) is 0 Å². The zero-order valence-electron chi connectivity index (χ0n) is 19.3. The van der Waals surface area contributed by atoms with Crippen LogP contribution in [0.25, 0.3) is 0 Å². The fraction of sp³-hybridized carbons (Fsp3) is 0.783. The maximum absolute atomic E-state index is 12.7. The number of ether oxygens (including phenoxy) is 3. The number of carbonyl (C=O) groups excluding carboxylic acids is 2. The van der Waals surface area contributed by atoms with Crippen LogP contribution in [0.3, 0.4) is 0 Å². The molecule has 3 aliphatic rings. The number of amides is 2. The Balaban J connectivity index is 1.29. The maximum Gasteiger partial charge on any atom is 0.248 e. The van der Waals surface area contributed by atoms with Gasteiger partial charge in [-0.05, 0) is 46.0 Å². The number of aromatic nitrogens is 1. The van der Waals surface area contributed by atoms with Gasteiger partial charge in [-0.15, -0.1) is 0 Å². The van der Waals surface area contributed by atoms with E-state index in [4.69, 9.17) is 18.7 Å². The highest BCUT2D eigenvalue weighted by Crippen LogP contribution is 2.31. The summed E-state index contributed by atoms with van der Waals surface area (Å²) in [6, 6.07) is 0. The molecule has 3 aliphatic heterocycles. The van der Waals surface area contributed by atoms with Gasteiger partial charge >= 0.3 is 0 Å². The Morgan fingerprint density at radius 1 is 1.22 bits per heavy atom. The smallest absolute Gasteiger partial charge is 0.248 e. The molecule has 9 heteroatoms. The summed E-state index contributed by atoms with van der Waals surface area (Å²) in [4.78, 5) is 29.0. The molecule has 0 N–H and O–H groups in total. The predicted octanol–water partition coefficient (Wildman–Crippen LogP) is 1.99. The highest BCUT2D eigenvalue weighted by atomic mass is 16.5. The van der Waals surface area contributed by atoms with Gasteiger partial charge in [0.25, 0.3) is 0 Å². The average Bonchev–Trinajstić information content (AvgIpc) is 3.03. The lowest BCUT2D eigenvalue weighted by molar-refractivity contribution is -0.146. The number of piperidine rings is 1. The highest BCUT2D eigenvalue weighted by Gasteiger charge is 2.41. The van der Waals surface area contributed by atoms with E-state index >= 15 is 0 Å². The topological polar surface area (TPSA) is 94.3 Å². The van der Waals surface area contributed by atoms with Crippen LogP contribution < -0.4 is 0 Å². The van der Waals surface area contributed by atoms with Gasteiger partial charge in [-0.1, -0.05) is 5.16 Å². The first-order valence-electron chi connectivity index (χ1n) is 11.8. The zero-order chi connectivity index (χ0) is 22.6. The molecule has 2 amide bonds. The minimum absolute atomic E-state index is 0.00735. The van der Waals surface area contributed by atoms with E-state index in [9.17, 15) is 9.59 Å². The Bertz CT molecular complexity index is 776. The van der Waals surface area contributed by atoms with E-state index in [2.05, 4.69) is 5.16 Å². The van der Waals surface area contributed by atoms with E-state index in [1.165, 1.54) is 0 Å². The number of hydrogen-bond donors (Lipinski definition) is 0. The van der Waals surface area contributed by atoms with Gasteiger partial charge in [-0.2, -0.15) is 0 Å². The number of carbonyl (C=O) groups is 2. The van der Waals surface area contributed by atoms with Crippen LogP contribution in [0.1, 0.15) is 55.5 Å². The van der Waals surface area contributed by atoms with E-state index in [0.29, 0.717) is 58.7 Å². The summed E-state index contributed by atoms with van der Waals surface area (Å²) in [6.45, 7) is 7.74. The predicted molar refractivity (Wildman–Crippen MR) is 115 cm³/mol. The average molecular weight is 450 g/mol. The van der Waals surface area contributed by atoms with Crippen LogP contribution in [-0.4, -0.2) is 84.5 Å². The van der Waals surface area contributed by atoms with Crippen molar-refractivity contribution < 1.29 is 28.3 Å². The molecule has 0 aromatic carbocycles. The third-order valence-electron chi connectivity index (χ3n) is 6.92. The fourth-order valence-corrected chi connectivity index (χ4v) is 4.83. The molecule has 4 heterocycles. The van der Waals surface area contributed by atoms with Gasteiger partial charge in [0, 0.05) is 25.3 Å². The summed E-state index contributed by atoms with van der Waals surface area (Å²) >= 11 is 0. The number of likely N-dealkylation sites (tertiary alicyclic amines) is 1. The van der Waals surface area contributed by atoms with Gasteiger partial charge in [0.2, 0.25) is 11.8 Å². The van der Waals surface area contributed by atoms with Crippen LogP contribution in [0.5, 0.6) is 0 Å². The SMILES string of the molecule is Cc1noc(C)c1CN1CC2(CCN(C(=O)COCC3CCCCO3)CC2)OCCC1=O. The van der Waals surface area contributed by atoms with Crippen LogP contribution in [0, 0.1) is 13.8 Å². The van der Waals surface area contributed by atoms with Crippen molar-refractivity contribution >= 4 is 11.8 Å². The van der Waals surface area contributed by atoms with Gasteiger partial charge in [-0.25, -0.2) is 0 Å². The summed E-state index contributed by atoms with van der Waals surface area (Å²) in [6.07, 6.45) is 5.15. The van der Waals surface area contributed by atoms with Gasteiger partial charge in [0.05, 0.1) is 50.1 Å². The van der Waals surface area contributed by atoms with Crippen molar-refractivity contribution in [1.29, 1.82) is 0 Å². The van der Waals surface area contributed by atoms with Crippen molar-refractivity contribution in [3.8, 4) is 0 Å². The third kappa shape index (κ3) is 5.50. The number of nitrogens with zero attached hydrogens (tertiary/aromatic N) is 3. The first-order valence-corrected chi connectivity index (χ1v) is 11.8. The van der Waals surface area contributed by atoms with Gasteiger partial charge in [0.1, 0.15) is 12.4 Å². The van der Waals surface area contributed by atoms with Crippen LogP contribution in [-0.2, 0) is 30.3 Å². The molecule has 0 aliphatic carbocycles.